The minimum Gasteiger partial charge on any atom is -0.312 e. The first-order valence-electron chi connectivity index (χ1n) is 7.68. The van der Waals surface area contributed by atoms with Crippen LogP contribution in [0.4, 0.5) is 0 Å². The van der Waals surface area contributed by atoms with Gasteiger partial charge in [0.05, 0.1) is 0 Å². The zero-order valence-corrected chi connectivity index (χ0v) is 12.8. The fourth-order valence-electron chi connectivity index (χ4n) is 3.76. The molecule has 1 fully saturated rings. The van der Waals surface area contributed by atoms with Gasteiger partial charge in [-0.05, 0) is 45.7 Å². The Labute approximate surface area is 118 Å². The van der Waals surface area contributed by atoms with Gasteiger partial charge in [0, 0.05) is 24.2 Å². The van der Waals surface area contributed by atoms with Crippen molar-refractivity contribution in [3.63, 3.8) is 0 Å². The average molecular weight is 260 g/mol. The van der Waals surface area contributed by atoms with Gasteiger partial charge in [-0.3, -0.25) is 4.90 Å². The minimum atomic E-state index is 0.413. The molecule has 19 heavy (non-hydrogen) atoms. The number of likely N-dealkylation sites (N-methyl/N-ethyl adjacent to an activating group) is 1. The van der Waals surface area contributed by atoms with E-state index in [2.05, 4.69) is 68.4 Å². The van der Waals surface area contributed by atoms with Crippen molar-refractivity contribution >= 4 is 0 Å². The van der Waals surface area contributed by atoms with Gasteiger partial charge in [0.1, 0.15) is 0 Å². The molecule has 2 rings (SSSR count). The van der Waals surface area contributed by atoms with E-state index in [0.29, 0.717) is 18.1 Å². The highest BCUT2D eigenvalue weighted by atomic mass is 15.2. The van der Waals surface area contributed by atoms with Crippen molar-refractivity contribution in [3.05, 3.63) is 35.9 Å². The van der Waals surface area contributed by atoms with Gasteiger partial charge < -0.3 is 5.32 Å². The molecule has 0 saturated carbocycles. The second-order valence-corrected chi connectivity index (χ2v) is 5.85. The zero-order chi connectivity index (χ0) is 13.8. The molecule has 0 bridgehead atoms. The number of hydrogen-bond acceptors (Lipinski definition) is 2. The lowest BCUT2D eigenvalue weighted by molar-refractivity contribution is 0.116. The summed E-state index contributed by atoms with van der Waals surface area (Å²) in [7, 11) is 2.08. The third-order valence-corrected chi connectivity index (χ3v) is 4.74. The normalized spacial score (nSPS) is 27.4. The number of benzene rings is 1. The van der Waals surface area contributed by atoms with E-state index < -0.39 is 0 Å². The molecule has 2 nitrogen and oxygen atoms in total. The predicted molar refractivity (Wildman–Crippen MR) is 82.3 cm³/mol. The number of nitrogens with zero attached hydrogens (tertiary/aromatic N) is 1. The summed E-state index contributed by atoms with van der Waals surface area (Å²) in [4.78, 5) is 2.73. The molecule has 0 amide bonds. The summed E-state index contributed by atoms with van der Waals surface area (Å²) < 4.78 is 0. The maximum atomic E-state index is 3.52. The second-order valence-electron chi connectivity index (χ2n) is 5.85. The highest BCUT2D eigenvalue weighted by Crippen LogP contribution is 2.32. The van der Waals surface area contributed by atoms with Gasteiger partial charge in [0.15, 0.2) is 0 Å². The maximum absolute atomic E-state index is 3.52. The summed E-state index contributed by atoms with van der Waals surface area (Å²) in [5.41, 5.74) is 1.39. The molecular weight excluding hydrogens is 232 g/mol. The number of likely N-dealkylation sites (tertiary alicyclic amines) is 1. The molecule has 1 aliphatic heterocycles. The topological polar surface area (TPSA) is 15.3 Å². The van der Waals surface area contributed by atoms with E-state index in [9.17, 15) is 0 Å². The first-order chi connectivity index (χ1) is 9.19. The van der Waals surface area contributed by atoms with Crippen LogP contribution in [0.15, 0.2) is 30.3 Å². The Bertz CT molecular complexity index is 376. The molecule has 4 unspecified atom stereocenters. The Morgan fingerprint density at radius 1 is 1.26 bits per heavy atom. The van der Waals surface area contributed by atoms with Gasteiger partial charge in [-0.25, -0.2) is 0 Å². The largest absolute Gasteiger partial charge is 0.312 e. The highest BCUT2D eigenvalue weighted by Gasteiger charge is 2.35. The fraction of sp³-hybridized carbons (Fsp3) is 0.647. The molecule has 1 heterocycles. The molecule has 1 aromatic rings. The Balaban J connectivity index is 2.18. The van der Waals surface area contributed by atoms with Gasteiger partial charge in [-0.15, -0.1) is 0 Å². The van der Waals surface area contributed by atoms with E-state index in [1.807, 2.05) is 0 Å². The average Bonchev–Trinajstić information content (AvgIpc) is 2.81. The molecule has 106 valence electrons. The van der Waals surface area contributed by atoms with Crippen molar-refractivity contribution in [2.75, 3.05) is 7.05 Å². The van der Waals surface area contributed by atoms with Crippen LogP contribution in [0.2, 0.25) is 0 Å². The Morgan fingerprint density at radius 2 is 1.95 bits per heavy atom. The van der Waals surface area contributed by atoms with Gasteiger partial charge in [-0.2, -0.15) is 0 Å². The van der Waals surface area contributed by atoms with Crippen molar-refractivity contribution in [2.24, 2.45) is 0 Å². The Hall–Kier alpha value is -0.860. The van der Waals surface area contributed by atoms with Crippen LogP contribution in [0, 0.1) is 0 Å². The van der Waals surface area contributed by atoms with E-state index in [0.717, 1.165) is 6.04 Å². The monoisotopic (exact) mass is 260 g/mol. The zero-order valence-electron chi connectivity index (χ0n) is 12.8. The molecule has 1 N–H and O–H groups in total. The minimum absolute atomic E-state index is 0.413. The molecule has 0 aliphatic carbocycles. The Morgan fingerprint density at radius 3 is 2.53 bits per heavy atom. The highest BCUT2D eigenvalue weighted by molar-refractivity contribution is 5.20. The summed E-state index contributed by atoms with van der Waals surface area (Å²) in [5, 5.41) is 3.52. The molecule has 4 atom stereocenters. The first-order valence-corrected chi connectivity index (χ1v) is 7.68. The lowest BCUT2D eigenvalue weighted by Crippen LogP contribution is -2.47. The molecule has 1 aliphatic rings. The summed E-state index contributed by atoms with van der Waals surface area (Å²) in [6, 6.07) is 13.2. The summed E-state index contributed by atoms with van der Waals surface area (Å²) >= 11 is 0. The first kappa shape index (κ1) is 14.5. The summed E-state index contributed by atoms with van der Waals surface area (Å²) in [5.74, 6) is 0. The summed E-state index contributed by atoms with van der Waals surface area (Å²) in [6.07, 6.45) is 3.96. The quantitative estimate of drug-likeness (QED) is 0.870. The van der Waals surface area contributed by atoms with Crippen molar-refractivity contribution in [2.45, 2.75) is 64.2 Å². The molecule has 1 aromatic carbocycles. The van der Waals surface area contributed by atoms with Crippen LogP contribution in [-0.2, 0) is 0 Å². The van der Waals surface area contributed by atoms with Crippen LogP contribution in [0.3, 0.4) is 0 Å². The van der Waals surface area contributed by atoms with Gasteiger partial charge >= 0.3 is 0 Å². The van der Waals surface area contributed by atoms with E-state index in [4.69, 9.17) is 0 Å². The number of rotatable bonds is 5. The van der Waals surface area contributed by atoms with Gasteiger partial charge in [0.25, 0.3) is 0 Å². The number of hydrogen-bond donors (Lipinski definition) is 1. The van der Waals surface area contributed by atoms with Crippen LogP contribution >= 0.6 is 0 Å². The van der Waals surface area contributed by atoms with E-state index in [1.54, 1.807) is 0 Å². The van der Waals surface area contributed by atoms with Crippen molar-refractivity contribution in [3.8, 4) is 0 Å². The molecule has 0 spiro atoms. The maximum Gasteiger partial charge on any atom is 0.0473 e. The van der Waals surface area contributed by atoms with Crippen molar-refractivity contribution in [1.29, 1.82) is 0 Å². The van der Waals surface area contributed by atoms with Crippen LogP contribution in [-0.4, -0.2) is 30.1 Å². The molecular formula is C17H28N2. The molecule has 0 radical (unpaired) electrons. The van der Waals surface area contributed by atoms with Crippen molar-refractivity contribution in [1.82, 2.24) is 10.2 Å². The molecule has 2 heteroatoms. The van der Waals surface area contributed by atoms with Crippen LogP contribution < -0.4 is 5.32 Å². The lowest BCUT2D eigenvalue weighted by Gasteiger charge is -2.38. The van der Waals surface area contributed by atoms with Crippen LogP contribution in [0.1, 0.15) is 51.6 Å². The fourth-order valence-corrected chi connectivity index (χ4v) is 3.76. The van der Waals surface area contributed by atoms with E-state index in [-0.39, 0.29) is 0 Å². The third-order valence-electron chi connectivity index (χ3n) is 4.74. The lowest BCUT2D eigenvalue weighted by atomic mass is 9.98. The van der Waals surface area contributed by atoms with Gasteiger partial charge in [-0.1, -0.05) is 37.3 Å². The number of nitrogens with one attached hydrogen (secondary N) is 1. The summed E-state index contributed by atoms with van der Waals surface area (Å²) in [6.45, 7) is 7.07. The van der Waals surface area contributed by atoms with Gasteiger partial charge in [0.2, 0.25) is 0 Å². The molecule has 0 aromatic heterocycles. The van der Waals surface area contributed by atoms with Crippen LogP contribution in [0.25, 0.3) is 0 Å². The second kappa shape index (κ2) is 6.53. The van der Waals surface area contributed by atoms with E-state index >= 15 is 0 Å². The van der Waals surface area contributed by atoms with Crippen molar-refractivity contribution < 1.29 is 0 Å². The predicted octanol–water partition coefficient (Wildman–Crippen LogP) is 3.60. The smallest absolute Gasteiger partial charge is 0.0473 e. The van der Waals surface area contributed by atoms with Crippen LogP contribution in [0.5, 0.6) is 0 Å². The molecule has 1 saturated heterocycles. The SMILES string of the molecule is CCC1CCC(C)N1C(C)C(NC)c1ccccc1. The Kier molecular flexibility index (Phi) is 5.00. The van der Waals surface area contributed by atoms with E-state index in [1.165, 1.54) is 24.8 Å². The standard InChI is InChI=1S/C17H28N2/c1-5-16-12-11-13(2)19(16)14(3)17(18-4)15-9-7-6-8-10-15/h6-10,13-14,16-18H,5,11-12H2,1-4H3. The third kappa shape index (κ3) is 3.01.